The van der Waals surface area contributed by atoms with Crippen molar-refractivity contribution in [3.05, 3.63) is 0 Å². The third-order valence-corrected chi connectivity index (χ3v) is 7.44. The van der Waals surface area contributed by atoms with Gasteiger partial charge in [0, 0.05) is 45.7 Å². The Kier molecular flexibility index (Phi) is 8.98. The standard InChI is InChI=1S/C23H42N4O4/c1-18(2)26-12-9-19(10-13-26)7-8-20-22(31-23(29)24(20)3)27-16-14-25(15-17-27)11-5-6-21(28)30-4/h18-20,22H,5-17H2,1-4H3. The summed E-state index contributed by atoms with van der Waals surface area (Å²) in [4.78, 5) is 32.7. The van der Waals surface area contributed by atoms with Crippen LogP contribution in [0, 0.1) is 5.92 Å². The van der Waals surface area contributed by atoms with Gasteiger partial charge >= 0.3 is 12.1 Å². The number of esters is 1. The molecule has 1 amide bonds. The highest BCUT2D eigenvalue weighted by atomic mass is 16.6. The first kappa shape index (κ1) is 24.3. The lowest BCUT2D eigenvalue weighted by Gasteiger charge is -2.39. The molecular formula is C23H42N4O4. The van der Waals surface area contributed by atoms with Crippen LogP contribution >= 0.6 is 0 Å². The number of cyclic esters (lactones) is 1. The molecule has 0 radical (unpaired) electrons. The van der Waals surface area contributed by atoms with Crippen LogP contribution in [0.5, 0.6) is 0 Å². The second-order valence-corrected chi connectivity index (χ2v) is 9.66. The second-order valence-electron chi connectivity index (χ2n) is 9.66. The number of piperazine rings is 1. The number of amides is 1. The molecule has 3 aliphatic heterocycles. The van der Waals surface area contributed by atoms with E-state index in [9.17, 15) is 9.59 Å². The number of likely N-dealkylation sites (tertiary alicyclic amines) is 1. The Balaban J connectivity index is 1.44. The minimum atomic E-state index is -0.190. The Morgan fingerprint density at radius 3 is 2.39 bits per heavy atom. The number of nitrogens with zero attached hydrogens (tertiary/aromatic N) is 4. The zero-order valence-electron chi connectivity index (χ0n) is 19.9. The number of rotatable bonds is 9. The highest BCUT2D eigenvalue weighted by Gasteiger charge is 2.43. The third-order valence-electron chi connectivity index (χ3n) is 7.44. The minimum absolute atomic E-state index is 0.134. The van der Waals surface area contributed by atoms with Gasteiger partial charge in [-0.2, -0.15) is 0 Å². The van der Waals surface area contributed by atoms with Crippen LogP contribution in [0.15, 0.2) is 0 Å². The van der Waals surface area contributed by atoms with E-state index in [1.165, 1.54) is 39.5 Å². The van der Waals surface area contributed by atoms with Gasteiger partial charge < -0.3 is 24.2 Å². The van der Waals surface area contributed by atoms with Crippen LogP contribution in [-0.4, -0.2) is 110 Å². The molecule has 3 heterocycles. The SMILES string of the molecule is COC(=O)CCCN1CCN(C2OC(=O)N(C)C2CCC2CCN(C(C)C)CC2)CC1. The lowest BCUT2D eigenvalue weighted by molar-refractivity contribution is -0.140. The van der Waals surface area contributed by atoms with E-state index in [2.05, 4.69) is 28.5 Å². The number of carbonyl (C=O) groups is 2. The van der Waals surface area contributed by atoms with Gasteiger partial charge in [-0.1, -0.05) is 0 Å². The van der Waals surface area contributed by atoms with Crippen molar-refractivity contribution in [2.45, 2.75) is 70.7 Å². The van der Waals surface area contributed by atoms with Gasteiger partial charge in [-0.15, -0.1) is 0 Å². The predicted molar refractivity (Wildman–Crippen MR) is 120 cm³/mol. The summed E-state index contributed by atoms with van der Waals surface area (Å²) >= 11 is 0. The van der Waals surface area contributed by atoms with Crippen molar-refractivity contribution in [3.63, 3.8) is 0 Å². The van der Waals surface area contributed by atoms with E-state index in [0.29, 0.717) is 12.5 Å². The van der Waals surface area contributed by atoms with Crippen LogP contribution in [0.4, 0.5) is 4.79 Å². The molecule has 8 nitrogen and oxygen atoms in total. The minimum Gasteiger partial charge on any atom is -0.469 e. The third kappa shape index (κ3) is 6.56. The van der Waals surface area contributed by atoms with E-state index < -0.39 is 0 Å². The van der Waals surface area contributed by atoms with Gasteiger partial charge in [0.15, 0.2) is 6.23 Å². The van der Waals surface area contributed by atoms with Gasteiger partial charge in [0.2, 0.25) is 0 Å². The maximum absolute atomic E-state index is 12.3. The Labute approximate surface area is 187 Å². The Hall–Kier alpha value is -1.38. The molecule has 2 unspecified atom stereocenters. The second kappa shape index (κ2) is 11.5. The summed E-state index contributed by atoms with van der Waals surface area (Å²) in [6, 6.07) is 0.776. The normalized spacial score (nSPS) is 27.1. The largest absolute Gasteiger partial charge is 0.469 e. The molecule has 8 heteroatoms. The van der Waals surface area contributed by atoms with E-state index in [1.807, 2.05) is 11.9 Å². The van der Waals surface area contributed by atoms with Gasteiger partial charge in [-0.3, -0.25) is 9.69 Å². The maximum atomic E-state index is 12.3. The van der Waals surface area contributed by atoms with E-state index in [1.54, 1.807) is 0 Å². The molecule has 2 atom stereocenters. The first-order chi connectivity index (χ1) is 14.9. The average Bonchev–Trinajstić information content (AvgIpc) is 3.06. The topological polar surface area (TPSA) is 65.6 Å². The molecule has 3 rings (SSSR count). The van der Waals surface area contributed by atoms with Crippen molar-refractivity contribution in [2.75, 3.05) is 60.0 Å². The Morgan fingerprint density at radius 2 is 1.77 bits per heavy atom. The fourth-order valence-corrected chi connectivity index (χ4v) is 5.20. The van der Waals surface area contributed by atoms with Gasteiger partial charge in [-0.25, -0.2) is 4.79 Å². The summed E-state index contributed by atoms with van der Waals surface area (Å²) in [6.07, 6.45) is 5.68. The lowest BCUT2D eigenvalue weighted by Crippen LogP contribution is -2.54. The van der Waals surface area contributed by atoms with E-state index >= 15 is 0 Å². The highest BCUT2D eigenvalue weighted by molar-refractivity contribution is 5.70. The predicted octanol–water partition coefficient (Wildman–Crippen LogP) is 2.23. The summed E-state index contributed by atoms with van der Waals surface area (Å²) in [5, 5.41) is 0. The molecular weight excluding hydrogens is 396 g/mol. The van der Waals surface area contributed by atoms with Crippen LogP contribution in [-0.2, 0) is 14.3 Å². The fraction of sp³-hybridized carbons (Fsp3) is 0.913. The number of piperidine rings is 1. The summed E-state index contributed by atoms with van der Waals surface area (Å²) in [7, 11) is 3.32. The van der Waals surface area contributed by atoms with E-state index in [0.717, 1.165) is 51.5 Å². The molecule has 0 spiro atoms. The van der Waals surface area contributed by atoms with Crippen LogP contribution in [0.2, 0.25) is 0 Å². The smallest absolute Gasteiger partial charge is 0.411 e. The van der Waals surface area contributed by atoms with Crippen LogP contribution in [0.3, 0.4) is 0 Å². The zero-order chi connectivity index (χ0) is 22.4. The number of carbonyl (C=O) groups excluding carboxylic acids is 2. The molecule has 0 aromatic carbocycles. The van der Waals surface area contributed by atoms with E-state index in [4.69, 9.17) is 9.47 Å². The molecule has 0 N–H and O–H groups in total. The monoisotopic (exact) mass is 438 g/mol. The molecule has 3 fully saturated rings. The number of ether oxygens (including phenoxy) is 2. The molecule has 0 aliphatic carbocycles. The first-order valence-corrected chi connectivity index (χ1v) is 12.1. The van der Waals surface area contributed by atoms with E-state index in [-0.39, 0.29) is 24.3 Å². The average molecular weight is 439 g/mol. The summed E-state index contributed by atoms with van der Waals surface area (Å²) in [5.74, 6) is 0.615. The molecule has 0 aromatic heterocycles. The van der Waals surface area contributed by atoms with Crippen molar-refractivity contribution in [2.24, 2.45) is 5.92 Å². The quantitative estimate of drug-likeness (QED) is 0.512. The van der Waals surface area contributed by atoms with Gasteiger partial charge in [0.25, 0.3) is 0 Å². The Bertz CT molecular complexity index is 586. The molecule has 31 heavy (non-hydrogen) atoms. The molecule has 0 bridgehead atoms. The zero-order valence-corrected chi connectivity index (χ0v) is 19.9. The van der Waals surface area contributed by atoms with Crippen molar-refractivity contribution in [1.82, 2.24) is 19.6 Å². The van der Waals surface area contributed by atoms with Crippen molar-refractivity contribution >= 4 is 12.1 Å². The first-order valence-electron chi connectivity index (χ1n) is 12.1. The maximum Gasteiger partial charge on any atom is 0.411 e. The van der Waals surface area contributed by atoms with Crippen LogP contribution in [0.1, 0.15) is 52.4 Å². The van der Waals surface area contributed by atoms with Gasteiger partial charge in [0.1, 0.15) is 0 Å². The Morgan fingerprint density at radius 1 is 1.10 bits per heavy atom. The molecule has 178 valence electrons. The van der Waals surface area contributed by atoms with Crippen molar-refractivity contribution in [1.29, 1.82) is 0 Å². The lowest BCUT2D eigenvalue weighted by atomic mass is 9.89. The number of likely N-dealkylation sites (N-methyl/N-ethyl adjacent to an activating group) is 1. The molecule has 3 aliphatic rings. The van der Waals surface area contributed by atoms with Crippen LogP contribution < -0.4 is 0 Å². The summed E-state index contributed by atoms with van der Waals surface area (Å²) in [5.41, 5.74) is 0. The molecule has 0 aromatic rings. The summed E-state index contributed by atoms with van der Waals surface area (Å²) < 4.78 is 10.5. The van der Waals surface area contributed by atoms with Crippen LogP contribution in [0.25, 0.3) is 0 Å². The number of hydrogen-bond acceptors (Lipinski definition) is 7. The molecule has 0 saturated carbocycles. The highest BCUT2D eigenvalue weighted by Crippen LogP contribution is 2.30. The fourth-order valence-electron chi connectivity index (χ4n) is 5.20. The van der Waals surface area contributed by atoms with Crippen molar-refractivity contribution < 1.29 is 19.1 Å². The van der Waals surface area contributed by atoms with Gasteiger partial charge in [0.05, 0.1) is 13.2 Å². The summed E-state index contributed by atoms with van der Waals surface area (Å²) in [6.45, 7) is 11.5. The molecule has 3 saturated heterocycles. The number of hydrogen-bond donors (Lipinski definition) is 0. The number of methoxy groups -OCH3 is 1. The van der Waals surface area contributed by atoms with Gasteiger partial charge in [-0.05, 0) is 71.5 Å². The van der Waals surface area contributed by atoms with Crippen molar-refractivity contribution in [3.8, 4) is 0 Å².